The largest absolute Gasteiger partial charge is 0.385 e. The zero-order chi connectivity index (χ0) is 13.7. The van der Waals surface area contributed by atoms with Crippen molar-refractivity contribution in [2.45, 2.75) is 26.3 Å². The van der Waals surface area contributed by atoms with Gasteiger partial charge in [-0.2, -0.15) is 0 Å². The fourth-order valence-corrected chi connectivity index (χ4v) is 2.15. The van der Waals surface area contributed by atoms with Crippen LogP contribution in [0.2, 0.25) is 0 Å². The Hall–Kier alpha value is -1.00. The van der Waals surface area contributed by atoms with E-state index in [-0.39, 0.29) is 17.5 Å². The van der Waals surface area contributed by atoms with Crippen LogP contribution < -0.4 is 5.32 Å². The number of halogens is 2. The first kappa shape index (κ1) is 15.1. The highest BCUT2D eigenvalue weighted by atomic mass is 19.1. The van der Waals surface area contributed by atoms with Crippen molar-refractivity contribution in [3.05, 3.63) is 34.9 Å². The Kier molecular flexibility index (Phi) is 5.69. The Morgan fingerprint density at radius 2 is 2.00 bits per heavy atom. The second-order valence-corrected chi connectivity index (χ2v) is 4.62. The van der Waals surface area contributed by atoms with Gasteiger partial charge >= 0.3 is 0 Å². The number of methoxy groups -OCH3 is 1. The number of aryl methyl sites for hydroxylation is 1. The molecule has 2 unspecified atom stereocenters. The lowest BCUT2D eigenvalue weighted by Crippen LogP contribution is -2.26. The van der Waals surface area contributed by atoms with Crippen LogP contribution in [-0.2, 0) is 4.74 Å². The number of ether oxygens (including phenoxy) is 1. The van der Waals surface area contributed by atoms with Gasteiger partial charge in [-0.1, -0.05) is 13.0 Å². The zero-order valence-electron chi connectivity index (χ0n) is 11.4. The minimum absolute atomic E-state index is 0.0840. The first-order valence-electron chi connectivity index (χ1n) is 6.13. The molecule has 2 nitrogen and oxygen atoms in total. The summed E-state index contributed by atoms with van der Waals surface area (Å²) in [7, 11) is 3.34. The third-order valence-corrected chi connectivity index (χ3v) is 3.29. The molecule has 1 rings (SSSR count). The lowest BCUT2D eigenvalue weighted by molar-refractivity contribution is 0.170. The molecule has 0 saturated carbocycles. The van der Waals surface area contributed by atoms with Gasteiger partial charge < -0.3 is 10.1 Å². The van der Waals surface area contributed by atoms with Gasteiger partial charge in [0.15, 0.2) is 0 Å². The highest BCUT2D eigenvalue weighted by Gasteiger charge is 2.24. The summed E-state index contributed by atoms with van der Waals surface area (Å²) in [6.45, 7) is 4.18. The number of hydrogen-bond acceptors (Lipinski definition) is 2. The number of rotatable bonds is 6. The molecule has 0 heterocycles. The molecule has 1 N–H and O–H groups in total. The van der Waals surface area contributed by atoms with Gasteiger partial charge in [0.05, 0.1) is 0 Å². The molecular formula is C14H21F2NO. The Bertz CT molecular complexity index is 396. The van der Waals surface area contributed by atoms with Crippen molar-refractivity contribution in [2.75, 3.05) is 20.8 Å². The summed E-state index contributed by atoms with van der Waals surface area (Å²) < 4.78 is 32.9. The van der Waals surface area contributed by atoms with Gasteiger partial charge in [0.25, 0.3) is 0 Å². The maximum absolute atomic E-state index is 14.1. The molecule has 0 aliphatic carbocycles. The molecule has 0 spiro atoms. The second kappa shape index (κ2) is 6.81. The quantitative estimate of drug-likeness (QED) is 0.845. The normalized spacial score (nSPS) is 14.6. The maximum atomic E-state index is 14.1. The first-order chi connectivity index (χ1) is 8.52. The number of nitrogens with one attached hydrogen (secondary N) is 1. The third kappa shape index (κ3) is 3.27. The van der Waals surface area contributed by atoms with Crippen LogP contribution in [0.3, 0.4) is 0 Å². The Balaban J connectivity index is 3.05. The van der Waals surface area contributed by atoms with E-state index in [0.29, 0.717) is 12.2 Å². The van der Waals surface area contributed by atoms with Gasteiger partial charge in [-0.05, 0) is 37.9 Å². The molecule has 0 aliphatic rings. The Morgan fingerprint density at radius 1 is 1.33 bits per heavy atom. The van der Waals surface area contributed by atoms with Gasteiger partial charge in [0.1, 0.15) is 11.6 Å². The Labute approximate surface area is 107 Å². The van der Waals surface area contributed by atoms with Gasteiger partial charge in [0.2, 0.25) is 0 Å². The molecule has 1 aromatic carbocycles. The van der Waals surface area contributed by atoms with Crippen molar-refractivity contribution in [3.8, 4) is 0 Å². The van der Waals surface area contributed by atoms with Crippen molar-refractivity contribution in [1.29, 1.82) is 0 Å². The SMILES string of the molecule is CNC(c1c(F)ccc(C)c1F)C(C)CCOC. The highest BCUT2D eigenvalue weighted by molar-refractivity contribution is 5.29. The summed E-state index contributed by atoms with van der Waals surface area (Å²) >= 11 is 0. The predicted molar refractivity (Wildman–Crippen MR) is 68.6 cm³/mol. The van der Waals surface area contributed by atoms with Gasteiger partial charge in [-0.25, -0.2) is 8.78 Å². The molecule has 0 aliphatic heterocycles. The molecule has 0 saturated heterocycles. The van der Waals surface area contributed by atoms with Crippen molar-refractivity contribution in [2.24, 2.45) is 5.92 Å². The molecule has 102 valence electrons. The van der Waals surface area contributed by atoms with E-state index in [2.05, 4.69) is 5.32 Å². The zero-order valence-corrected chi connectivity index (χ0v) is 11.4. The molecule has 0 fully saturated rings. The highest BCUT2D eigenvalue weighted by Crippen LogP contribution is 2.29. The van der Waals surface area contributed by atoms with Crippen molar-refractivity contribution >= 4 is 0 Å². The van der Waals surface area contributed by atoms with E-state index >= 15 is 0 Å². The van der Waals surface area contributed by atoms with E-state index in [1.165, 1.54) is 12.1 Å². The summed E-state index contributed by atoms with van der Waals surface area (Å²) in [6.07, 6.45) is 0.745. The van der Waals surface area contributed by atoms with Crippen molar-refractivity contribution in [3.63, 3.8) is 0 Å². The van der Waals surface area contributed by atoms with Crippen molar-refractivity contribution in [1.82, 2.24) is 5.32 Å². The van der Waals surface area contributed by atoms with Crippen LogP contribution in [0, 0.1) is 24.5 Å². The summed E-state index contributed by atoms with van der Waals surface area (Å²) in [4.78, 5) is 0. The third-order valence-electron chi connectivity index (χ3n) is 3.29. The fraction of sp³-hybridized carbons (Fsp3) is 0.571. The van der Waals surface area contributed by atoms with Crippen LogP contribution in [0.15, 0.2) is 12.1 Å². The topological polar surface area (TPSA) is 21.3 Å². The molecule has 0 radical (unpaired) electrons. The van der Waals surface area contributed by atoms with E-state index < -0.39 is 11.6 Å². The summed E-state index contributed by atoms with van der Waals surface area (Å²) in [5.74, 6) is -0.874. The van der Waals surface area contributed by atoms with E-state index in [0.717, 1.165) is 6.42 Å². The molecule has 0 amide bonds. The van der Waals surface area contributed by atoms with Gasteiger partial charge in [0, 0.05) is 25.3 Å². The van der Waals surface area contributed by atoms with Crippen LogP contribution in [0.4, 0.5) is 8.78 Å². The van der Waals surface area contributed by atoms with Crippen LogP contribution in [-0.4, -0.2) is 20.8 Å². The molecule has 2 atom stereocenters. The van der Waals surface area contributed by atoms with Crippen LogP contribution >= 0.6 is 0 Å². The smallest absolute Gasteiger partial charge is 0.133 e. The molecule has 1 aromatic rings. The average molecular weight is 257 g/mol. The van der Waals surface area contributed by atoms with Crippen LogP contribution in [0.1, 0.15) is 30.5 Å². The summed E-state index contributed by atoms with van der Waals surface area (Å²) in [6, 6.07) is 2.43. The second-order valence-electron chi connectivity index (χ2n) is 4.62. The number of benzene rings is 1. The lowest BCUT2D eigenvalue weighted by Gasteiger charge is -2.25. The van der Waals surface area contributed by atoms with Crippen LogP contribution in [0.5, 0.6) is 0 Å². The van der Waals surface area contributed by atoms with Crippen LogP contribution in [0.25, 0.3) is 0 Å². The lowest BCUT2D eigenvalue weighted by atomic mass is 9.90. The summed E-state index contributed by atoms with van der Waals surface area (Å²) in [5.41, 5.74) is 0.590. The van der Waals surface area contributed by atoms with E-state index in [4.69, 9.17) is 4.74 Å². The number of hydrogen-bond donors (Lipinski definition) is 1. The standard InChI is InChI=1S/C14H21F2NO/c1-9-5-6-11(15)12(13(9)16)14(17-3)10(2)7-8-18-4/h5-6,10,14,17H,7-8H2,1-4H3. The Morgan fingerprint density at radius 3 is 2.56 bits per heavy atom. The summed E-state index contributed by atoms with van der Waals surface area (Å²) in [5, 5.41) is 3.00. The molecule has 0 bridgehead atoms. The van der Waals surface area contributed by atoms with E-state index in [1.54, 1.807) is 21.1 Å². The molecule has 4 heteroatoms. The first-order valence-corrected chi connectivity index (χ1v) is 6.13. The minimum atomic E-state index is -0.498. The average Bonchev–Trinajstić information content (AvgIpc) is 2.36. The molecule has 0 aromatic heterocycles. The van der Waals surface area contributed by atoms with Gasteiger partial charge in [-0.3, -0.25) is 0 Å². The minimum Gasteiger partial charge on any atom is -0.385 e. The van der Waals surface area contributed by atoms with Gasteiger partial charge in [-0.15, -0.1) is 0 Å². The maximum Gasteiger partial charge on any atom is 0.133 e. The molecular weight excluding hydrogens is 236 g/mol. The van der Waals surface area contributed by atoms with E-state index in [9.17, 15) is 8.78 Å². The monoisotopic (exact) mass is 257 g/mol. The molecule has 18 heavy (non-hydrogen) atoms. The van der Waals surface area contributed by atoms with Crippen molar-refractivity contribution < 1.29 is 13.5 Å². The van der Waals surface area contributed by atoms with E-state index in [1.807, 2.05) is 6.92 Å². The predicted octanol–water partition coefficient (Wildman–Crippen LogP) is 3.21. The fourth-order valence-electron chi connectivity index (χ4n) is 2.15.